The normalized spacial score (nSPS) is 12.6. The van der Waals surface area contributed by atoms with E-state index < -0.39 is 7.92 Å². The molecule has 9 rings (SSSR count). The van der Waals surface area contributed by atoms with Gasteiger partial charge in [0.1, 0.15) is 46.8 Å². The SMILES string of the molecule is COc1cc(OC)c2c(c1)c1c3c4c(c5cc(OC)cc(OC)c5c5cccc(c6cccc2c63)c54)[PH+]1c1ccccc1.[Cl][Au]. The number of benzene rings is 8. The zero-order valence-corrected chi connectivity index (χ0v) is 28.9. The predicted molar refractivity (Wildman–Crippen MR) is 188 cm³/mol. The van der Waals surface area contributed by atoms with Crippen molar-refractivity contribution in [3.8, 4) is 23.0 Å². The molecule has 0 unspecified atom stereocenters. The quantitative estimate of drug-likeness (QED) is 0.0756. The number of hydrogen-bond acceptors (Lipinski definition) is 4. The van der Waals surface area contributed by atoms with E-state index in [2.05, 4.69) is 88.1 Å². The summed E-state index contributed by atoms with van der Waals surface area (Å²) in [6.45, 7) is 0. The van der Waals surface area contributed by atoms with E-state index in [1.165, 1.54) is 69.8 Å². The van der Waals surface area contributed by atoms with E-state index >= 15 is 0 Å². The Labute approximate surface area is 277 Å². The van der Waals surface area contributed by atoms with E-state index in [0.29, 0.717) is 0 Å². The van der Waals surface area contributed by atoms with Crippen LogP contribution in [0.3, 0.4) is 0 Å². The van der Waals surface area contributed by atoms with E-state index in [-0.39, 0.29) is 0 Å². The first-order valence-electron chi connectivity index (χ1n) is 14.5. The summed E-state index contributed by atoms with van der Waals surface area (Å²) in [6.07, 6.45) is 0. The second-order valence-electron chi connectivity index (χ2n) is 11.2. The fourth-order valence-electron chi connectivity index (χ4n) is 7.75. The summed E-state index contributed by atoms with van der Waals surface area (Å²) in [7, 11) is 10.0. The number of fused-ring (bicyclic) bond motifs is 7. The van der Waals surface area contributed by atoms with Crippen LogP contribution in [0, 0.1) is 0 Å². The van der Waals surface area contributed by atoms with Gasteiger partial charge in [0.2, 0.25) is 0 Å². The van der Waals surface area contributed by atoms with Gasteiger partial charge in [0.15, 0.2) is 0 Å². The molecule has 0 bridgehead atoms. The van der Waals surface area contributed by atoms with Crippen molar-refractivity contribution in [1.29, 1.82) is 0 Å². The van der Waals surface area contributed by atoms with Crippen LogP contribution in [-0.2, 0) is 20.0 Å². The summed E-state index contributed by atoms with van der Waals surface area (Å²) < 4.78 is 23.9. The standard InChI is InChI=1S/C38H27O4P.Au.ClH/c1-39-20-16-27-31(29(18-20)41-3)25-14-8-12-23-24-13-9-15-26-32-28(17-21(40-2)19-30(32)42-4)38-36(34(24)26)35(33(23)25)37(27)43(38)22-10-6-5-7-11-22;;/h5-19H,1-4H3;;1H/q;+1;. The second-order valence-corrected chi connectivity index (χ2v) is 13.5. The van der Waals surface area contributed by atoms with E-state index in [0.717, 1.165) is 33.8 Å². The molecule has 226 valence electrons. The van der Waals surface area contributed by atoms with Crippen LogP contribution in [-0.4, -0.2) is 28.4 Å². The molecule has 8 aromatic carbocycles. The van der Waals surface area contributed by atoms with Gasteiger partial charge in [0.05, 0.1) is 28.4 Å². The van der Waals surface area contributed by atoms with Gasteiger partial charge < -0.3 is 18.9 Å². The first-order chi connectivity index (χ1) is 22.2. The Kier molecular flexibility index (Phi) is 6.98. The van der Waals surface area contributed by atoms with Crippen LogP contribution in [0.5, 0.6) is 23.0 Å². The molecule has 0 amide bonds. The molecule has 45 heavy (non-hydrogen) atoms. The maximum absolute atomic E-state index is 6.10. The Morgan fingerprint density at radius 3 is 1.31 bits per heavy atom. The molecule has 0 saturated heterocycles. The van der Waals surface area contributed by atoms with Gasteiger partial charge >= 0.3 is 29.2 Å². The Morgan fingerprint density at radius 2 is 0.889 bits per heavy atom. The first-order valence-corrected chi connectivity index (χ1v) is 18.7. The molecule has 0 saturated carbocycles. The minimum absolute atomic E-state index is 0.795. The van der Waals surface area contributed by atoms with Crippen LogP contribution in [0.1, 0.15) is 0 Å². The zero-order valence-electron chi connectivity index (χ0n) is 25.0. The molecule has 0 aromatic heterocycles. The minimum atomic E-state index is -1.53. The number of ether oxygens (including phenoxy) is 4. The van der Waals surface area contributed by atoms with Gasteiger partial charge in [-0.2, -0.15) is 0 Å². The Bertz CT molecular complexity index is 2310. The van der Waals surface area contributed by atoms with Crippen LogP contribution < -0.4 is 34.9 Å². The van der Waals surface area contributed by atoms with Gasteiger partial charge in [-0.25, -0.2) is 0 Å². The van der Waals surface area contributed by atoms with Crippen LogP contribution in [0.4, 0.5) is 0 Å². The summed E-state index contributed by atoms with van der Waals surface area (Å²) >= 11 is 1.75. The van der Waals surface area contributed by atoms with Crippen molar-refractivity contribution in [2.75, 3.05) is 28.4 Å². The van der Waals surface area contributed by atoms with Crippen LogP contribution >= 0.6 is 17.1 Å². The molecule has 1 heterocycles. The molecule has 7 heteroatoms. The number of halogens is 1. The van der Waals surface area contributed by atoms with Gasteiger partial charge in [-0.05, 0) is 45.8 Å². The molecule has 0 radical (unpaired) electrons. The van der Waals surface area contributed by atoms with Crippen molar-refractivity contribution in [3.63, 3.8) is 0 Å². The van der Waals surface area contributed by atoms with Crippen LogP contribution in [0.2, 0.25) is 0 Å². The summed E-state index contributed by atoms with van der Waals surface area (Å²) in [5.74, 6) is 3.25. The Morgan fingerprint density at radius 1 is 0.444 bits per heavy atom. The third-order valence-electron chi connectivity index (χ3n) is 9.37. The number of methoxy groups -OCH3 is 4. The molecule has 0 N–H and O–H groups in total. The molecular formula is C38H28AuClO4P+. The average Bonchev–Trinajstić information content (AvgIpc) is 3.48. The fourth-order valence-corrected chi connectivity index (χ4v) is 11.0. The summed E-state index contributed by atoms with van der Waals surface area (Å²) in [6, 6.07) is 32.9. The van der Waals surface area contributed by atoms with E-state index in [4.69, 9.17) is 18.9 Å². The van der Waals surface area contributed by atoms with Gasteiger partial charge in [-0.1, -0.05) is 54.6 Å². The zero-order chi connectivity index (χ0) is 31.0. The predicted octanol–water partition coefficient (Wildman–Crippen LogP) is 8.57. The van der Waals surface area contributed by atoms with Gasteiger partial charge in [0.25, 0.3) is 0 Å². The summed E-state index contributed by atoms with van der Waals surface area (Å²) in [5, 5.41) is 19.1. The van der Waals surface area contributed by atoms with Crippen molar-refractivity contribution in [3.05, 3.63) is 91.0 Å². The molecule has 0 fully saturated rings. The molecule has 0 atom stereocenters. The monoisotopic (exact) mass is 811 g/mol. The third-order valence-corrected chi connectivity index (χ3v) is 12.3. The van der Waals surface area contributed by atoms with E-state index in [1.54, 1.807) is 48.4 Å². The molecule has 1 aliphatic heterocycles. The van der Waals surface area contributed by atoms with Gasteiger partial charge in [-0.3, -0.25) is 0 Å². The third kappa shape index (κ3) is 3.81. The molecular weight excluding hydrogens is 784 g/mol. The van der Waals surface area contributed by atoms with Crippen molar-refractivity contribution < 1.29 is 38.9 Å². The van der Waals surface area contributed by atoms with Crippen molar-refractivity contribution in [1.82, 2.24) is 0 Å². The molecule has 0 aliphatic carbocycles. The van der Waals surface area contributed by atoms with Crippen molar-refractivity contribution in [2.45, 2.75) is 0 Å². The molecule has 4 nitrogen and oxygen atoms in total. The maximum atomic E-state index is 6.10. The van der Waals surface area contributed by atoms with E-state index in [1.807, 2.05) is 12.1 Å². The summed E-state index contributed by atoms with van der Waals surface area (Å²) in [5.41, 5.74) is 0. The fraction of sp³-hybridized carbons (Fsp3) is 0.105. The van der Waals surface area contributed by atoms with Gasteiger partial charge in [-0.15, -0.1) is 0 Å². The van der Waals surface area contributed by atoms with E-state index in [9.17, 15) is 0 Å². The van der Waals surface area contributed by atoms with Crippen LogP contribution in [0.15, 0.2) is 91.0 Å². The second kappa shape index (κ2) is 10.9. The van der Waals surface area contributed by atoms with Crippen molar-refractivity contribution in [2.24, 2.45) is 0 Å². The summed E-state index contributed by atoms with van der Waals surface area (Å²) in [4.78, 5) is 0. The topological polar surface area (TPSA) is 36.9 Å². The van der Waals surface area contributed by atoms with Crippen LogP contribution in [0.25, 0.3) is 64.6 Å². The number of rotatable bonds is 5. The number of hydrogen-bond donors (Lipinski definition) is 0. The molecule has 1 aliphatic rings. The molecule has 8 aromatic rings. The first kappa shape index (κ1) is 28.7. The van der Waals surface area contributed by atoms with Crippen molar-refractivity contribution >= 4 is 97.7 Å². The van der Waals surface area contributed by atoms with Gasteiger partial charge in [0, 0.05) is 55.2 Å². The molecule has 0 spiro atoms. The Balaban J connectivity index is 0.00000147. The average molecular weight is 812 g/mol. The Hall–Kier alpha value is -3.76.